The van der Waals surface area contributed by atoms with E-state index in [1.807, 2.05) is 0 Å². The number of allylic oxidation sites excluding steroid dienone is 1. The second-order valence-electron chi connectivity index (χ2n) is 3.66. The predicted octanol–water partition coefficient (Wildman–Crippen LogP) is 2.30. The SMILES string of the molecule is C[C@@H]1CCC/C(=C(/C#N)C(N)=S)C1. The van der Waals surface area contributed by atoms with Crippen molar-refractivity contribution in [3.05, 3.63) is 11.1 Å². The van der Waals surface area contributed by atoms with E-state index in [-0.39, 0.29) is 4.99 Å². The lowest BCUT2D eigenvalue weighted by Crippen LogP contribution is -2.15. The molecule has 0 aromatic rings. The maximum atomic E-state index is 8.86. The van der Waals surface area contributed by atoms with Crippen LogP contribution in [0, 0.1) is 17.2 Å². The van der Waals surface area contributed by atoms with E-state index in [0.29, 0.717) is 11.5 Å². The van der Waals surface area contributed by atoms with Crippen LogP contribution in [-0.4, -0.2) is 4.99 Å². The molecule has 1 atom stereocenters. The van der Waals surface area contributed by atoms with Crippen LogP contribution in [0.3, 0.4) is 0 Å². The normalized spacial score (nSPS) is 26.3. The first-order chi connectivity index (χ1) is 6.15. The summed E-state index contributed by atoms with van der Waals surface area (Å²) in [6, 6.07) is 2.11. The molecule has 0 radical (unpaired) electrons. The van der Waals surface area contributed by atoms with Gasteiger partial charge in [-0.25, -0.2) is 0 Å². The van der Waals surface area contributed by atoms with Crippen LogP contribution in [0.25, 0.3) is 0 Å². The van der Waals surface area contributed by atoms with Gasteiger partial charge in [-0.2, -0.15) is 5.26 Å². The average Bonchev–Trinajstić information content (AvgIpc) is 2.04. The zero-order valence-corrected chi connectivity index (χ0v) is 8.66. The van der Waals surface area contributed by atoms with Gasteiger partial charge in [-0.05, 0) is 30.8 Å². The molecule has 2 nitrogen and oxygen atoms in total. The first kappa shape index (κ1) is 10.2. The summed E-state index contributed by atoms with van der Waals surface area (Å²) in [6.07, 6.45) is 4.38. The summed E-state index contributed by atoms with van der Waals surface area (Å²) in [7, 11) is 0. The number of hydrogen-bond acceptors (Lipinski definition) is 2. The van der Waals surface area contributed by atoms with Gasteiger partial charge in [0.25, 0.3) is 0 Å². The van der Waals surface area contributed by atoms with E-state index in [2.05, 4.69) is 13.0 Å². The van der Waals surface area contributed by atoms with Crippen molar-refractivity contribution in [3.8, 4) is 6.07 Å². The average molecular weight is 194 g/mol. The molecule has 1 aliphatic rings. The Balaban J connectivity index is 2.88. The summed E-state index contributed by atoms with van der Waals surface area (Å²) in [5.41, 5.74) is 7.19. The molecule has 3 heteroatoms. The summed E-state index contributed by atoms with van der Waals surface area (Å²) in [4.78, 5) is 0.256. The molecule has 0 unspecified atom stereocenters. The van der Waals surface area contributed by atoms with Crippen LogP contribution in [0.5, 0.6) is 0 Å². The maximum Gasteiger partial charge on any atom is 0.114 e. The Morgan fingerprint density at radius 1 is 1.69 bits per heavy atom. The number of nitrogens with two attached hydrogens (primary N) is 1. The molecule has 1 fully saturated rings. The van der Waals surface area contributed by atoms with Crippen molar-refractivity contribution < 1.29 is 0 Å². The van der Waals surface area contributed by atoms with Crippen molar-refractivity contribution >= 4 is 17.2 Å². The largest absolute Gasteiger partial charge is 0.389 e. The molecule has 13 heavy (non-hydrogen) atoms. The van der Waals surface area contributed by atoms with Gasteiger partial charge in [-0.15, -0.1) is 0 Å². The van der Waals surface area contributed by atoms with Gasteiger partial charge in [-0.1, -0.05) is 25.6 Å². The third-order valence-electron chi connectivity index (χ3n) is 2.48. The Morgan fingerprint density at radius 3 is 2.85 bits per heavy atom. The molecule has 0 aromatic carbocycles. The summed E-state index contributed by atoms with van der Waals surface area (Å²) in [5.74, 6) is 0.668. The van der Waals surface area contributed by atoms with Crippen LogP contribution in [-0.2, 0) is 0 Å². The Hall–Kier alpha value is -0.880. The van der Waals surface area contributed by atoms with Crippen LogP contribution in [0.4, 0.5) is 0 Å². The first-order valence-electron chi connectivity index (χ1n) is 4.57. The van der Waals surface area contributed by atoms with E-state index in [9.17, 15) is 0 Å². The van der Waals surface area contributed by atoms with Gasteiger partial charge in [-0.3, -0.25) is 0 Å². The first-order valence-corrected chi connectivity index (χ1v) is 4.98. The molecule has 0 aromatic heterocycles. The highest BCUT2D eigenvalue weighted by Crippen LogP contribution is 2.29. The Kier molecular flexibility index (Phi) is 3.44. The lowest BCUT2D eigenvalue weighted by Gasteiger charge is -2.21. The third kappa shape index (κ3) is 2.53. The second-order valence-corrected chi connectivity index (χ2v) is 4.10. The topological polar surface area (TPSA) is 49.8 Å². The minimum Gasteiger partial charge on any atom is -0.389 e. The zero-order valence-electron chi connectivity index (χ0n) is 7.84. The summed E-state index contributed by atoms with van der Waals surface area (Å²) < 4.78 is 0. The Morgan fingerprint density at radius 2 is 2.38 bits per heavy atom. The van der Waals surface area contributed by atoms with Crippen molar-refractivity contribution in [3.63, 3.8) is 0 Å². The van der Waals surface area contributed by atoms with Crippen LogP contribution >= 0.6 is 12.2 Å². The lowest BCUT2D eigenvalue weighted by atomic mass is 9.84. The smallest absolute Gasteiger partial charge is 0.114 e. The van der Waals surface area contributed by atoms with E-state index < -0.39 is 0 Å². The molecule has 0 bridgehead atoms. The van der Waals surface area contributed by atoms with Gasteiger partial charge in [0.15, 0.2) is 0 Å². The molecule has 0 spiro atoms. The summed E-state index contributed by atoms with van der Waals surface area (Å²) in [5, 5.41) is 8.86. The number of rotatable bonds is 1. The van der Waals surface area contributed by atoms with E-state index in [0.717, 1.165) is 24.8 Å². The van der Waals surface area contributed by atoms with Gasteiger partial charge in [0, 0.05) is 0 Å². The summed E-state index contributed by atoms with van der Waals surface area (Å²) >= 11 is 4.83. The standard InChI is InChI=1S/C10H14N2S/c1-7-3-2-4-8(5-7)9(6-11)10(12)13/h7H,2-5H2,1H3,(H2,12,13)/b9-8+/t7-/m1/s1. The molecule has 0 heterocycles. The number of nitrogens with zero attached hydrogens (tertiary/aromatic N) is 1. The van der Waals surface area contributed by atoms with Gasteiger partial charge in [0.2, 0.25) is 0 Å². The molecule has 0 saturated heterocycles. The molecule has 0 aliphatic heterocycles. The van der Waals surface area contributed by atoms with Crippen molar-refractivity contribution in [1.29, 1.82) is 5.26 Å². The molecular formula is C10H14N2S. The highest BCUT2D eigenvalue weighted by molar-refractivity contribution is 7.80. The van der Waals surface area contributed by atoms with Gasteiger partial charge >= 0.3 is 0 Å². The number of nitriles is 1. The third-order valence-corrected chi connectivity index (χ3v) is 2.69. The predicted molar refractivity (Wildman–Crippen MR) is 57.1 cm³/mol. The maximum absolute atomic E-state index is 8.86. The quantitative estimate of drug-likeness (QED) is 0.396. The fourth-order valence-corrected chi connectivity index (χ4v) is 2.01. The highest BCUT2D eigenvalue weighted by Gasteiger charge is 2.17. The molecule has 1 rings (SSSR count). The molecule has 1 aliphatic carbocycles. The Labute approximate surface area is 84.4 Å². The lowest BCUT2D eigenvalue weighted by molar-refractivity contribution is 0.452. The molecule has 1 saturated carbocycles. The molecular weight excluding hydrogens is 180 g/mol. The van der Waals surface area contributed by atoms with Gasteiger partial charge in [0.05, 0.1) is 5.57 Å². The zero-order chi connectivity index (χ0) is 9.84. The molecule has 2 N–H and O–H groups in total. The monoisotopic (exact) mass is 194 g/mol. The van der Waals surface area contributed by atoms with Crippen LogP contribution in [0.1, 0.15) is 32.6 Å². The van der Waals surface area contributed by atoms with Crippen LogP contribution in [0.2, 0.25) is 0 Å². The van der Waals surface area contributed by atoms with Crippen LogP contribution < -0.4 is 5.73 Å². The van der Waals surface area contributed by atoms with Crippen LogP contribution in [0.15, 0.2) is 11.1 Å². The van der Waals surface area contributed by atoms with Crippen molar-refractivity contribution in [2.45, 2.75) is 32.6 Å². The van der Waals surface area contributed by atoms with Crippen molar-refractivity contribution in [1.82, 2.24) is 0 Å². The van der Waals surface area contributed by atoms with E-state index in [1.165, 1.54) is 6.42 Å². The molecule has 70 valence electrons. The summed E-state index contributed by atoms with van der Waals surface area (Å²) in [6.45, 7) is 2.20. The number of hydrogen-bond donors (Lipinski definition) is 1. The van der Waals surface area contributed by atoms with Gasteiger partial charge < -0.3 is 5.73 Å². The van der Waals surface area contributed by atoms with Crippen molar-refractivity contribution in [2.24, 2.45) is 11.7 Å². The fourth-order valence-electron chi connectivity index (χ4n) is 1.82. The second kappa shape index (κ2) is 4.38. The van der Waals surface area contributed by atoms with Crippen molar-refractivity contribution in [2.75, 3.05) is 0 Å². The van der Waals surface area contributed by atoms with E-state index in [4.69, 9.17) is 23.2 Å². The van der Waals surface area contributed by atoms with E-state index >= 15 is 0 Å². The molecule has 0 amide bonds. The minimum atomic E-state index is 0.256. The highest BCUT2D eigenvalue weighted by atomic mass is 32.1. The fraction of sp³-hybridized carbons (Fsp3) is 0.600. The minimum absolute atomic E-state index is 0.256. The Bertz CT molecular complexity index is 286. The number of thiocarbonyl (C=S) groups is 1. The van der Waals surface area contributed by atoms with Gasteiger partial charge in [0.1, 0.15) is 11.1 Å². The van der Waals surface area contributed by atoms with E-state index in [1.54, 1.807) is 0 Å².